The number of nitrogens with one attached hydrogen (secondary N) is 2. The van der Waals surface area contributed by atoms with E-state index in [4.69, 9.17) is 4.99 Å². The number of carbonyl (C=O) groups excluding carboxylic acids is 2. The van der Waals surface area contributed by atoms with E-state index < -0.39 is 12.2 Å². The van der Waals surface area contributed by atoms with Gasteiger partial charge in [-0.3, -0.25) is 4.79 Å². The minimum atomic E-state index is -0.997. The second kappa shape index (κ2) is 10.1. The third-order valence-electron chi connectivity index (χ3n) is 6.26. The van der Waals surface area contributed by atoms with Crippen molar-refractivity contribution in [2.24, 2.45) is 10.9 Å². The molecule has 2 aromatic rings. The molecule has 0 aliphatic carbocycles. The topological polar surface area (TPSA) is 77.0 Å². The molecule has 33 heavy (non-hydrogen) atoms. The molecular formula is C26H33N5O2. The Morgan fingerprint density at radius 1 is 1.12 bits per heavy atom. The molecule has 2 heterocycles. The molecule has 0 aromatic heterocycles. The molecule has 2 N–H and O–H groups in total. The van der Waals surface area contributed by atoms with Crippen molar-refractivity contribution in [2.45, 2.75) is 46.2 Å². The number of rotatable bonds is 4. The van der Waals surface area contributed by atoms with Crippen LogP contribution in [0.25, 0.3) is 0 Å². The molecule has 174 valence electrons. The smallest absolute Gasteiger partial charge is 0.321 e. The number of amidine groups is 1. The highest BCUT2D eigenvalue weighted by Crippen LogP contribution is 2.29. The number of carbonyl (C=O) groups is 2. The third-order valence-corrected chi connectivity index (χ3v) is 6.26. The molecule has 1 unspecified atom stereocenters. The second-order valence-electron chi connectivity index (χ2n) is 9.00. The Morgan fingerprint density at radius 3 is 2.61 bits per heavy atom. The molecule has 1 saturated heterocycles. The summed E-state index contributed by atoms with van der Waals surface area (Å²) in [5.74, 6) is 1.24. The molecule has 0 bridgehead atoms. The Kier molecular flexibility index (Phi) is 6.96. The van der Waals surface area contributed by atoms with E-state index in [2.05, 4.69) is 22.5 Å². The number of aliphatic imine (C=N–C) groups is 1. The van der Waals surface area contributed by atoms with Crippen LogP contribution in [0.3, 0.4) is 0 Å². The zero-order chi connectivity index (χ0) is 23.4. The fourth-order valence-corrected chi connectivity index (χ4v) is 4.45. The average Bonchev–Trinajstić information content (AvgIpc) is 2.91. The van der Waals surface area contributed by atoms with Crippen LogP contribution in [0.2, 0.25) is 0 Å². The van der Waals surface area contributed by atoms with Crippen molar-refractivity contribution in [3.63, 3.8) is 0 Å². The lowest BCUT2D eigenvalue weighted by Gasteiger charge is -2.33. The van der Waals surface area contributed by atoms with Gasteiger partial charge in [0, 0.05) is 30.9 Å². The zero-order valence-corrected chi connectivity index (χ0v) is 19.7. The van der Waals surface area contributed by atoms with Crippen LogP contribution in [0.15, 0.2) is 53.5 Å². The van der Waals surface area contributed by atoms with Gasteiger partial charge in [0.05, 0.1) is 5.69 Å². The minimum Gasteiger partial charge on any atom is -0.356 e. The Bertz CT molecular complexity index is 1040. The van der Waals surface area contributed by atoms with E-state index in [1.165, 1.54) is 0 Å². The molecule has 1 atom stereocenters. The molecular weight excluding hydrogens is 414 g/mol. The van der Waals surface area contributed by atoms with Gasteiger partial charge in [0.2, 0.25) is 6.17 Å². The SMILES string of the molecule is CCCN1C(=O)C(NC(=O)Nc2cccc(C)c2)N=C(N2CCC(C)CC2)c2ccccc21. The molecule has 3 amide bonds. The van der Waals surface area contributed by atoms with E-state index in [0.29, 0.717) is 18.2 Å². The summed E-state index contributed by atoms with van der Waals surface area (Å²) in [6.45, 7) is 8.62. The monoisotopic (exact) mass is 447 g/mol. The Morgan fingerprint density at radius 2 is 1.88 bits per heavy atom. The lowest BCUT2D eigenvalue weighted by molar-refractivity contribution is -0.120. The summed E-state index contributed by atoms with van der Waals surface area (Å²) in [5.41, 5.74) is 3.52. The lowest BCUT2D eigenvalue weighted by Crippen LogP contribution is -2.49. The van der Waals surface area contributed by atoms with E-state index in [0.717, 1.165) is 55.0 Å². The predicted octanol–water partition coefficient (Wildman–Crippen LogP) is 4.38. The summed E-state index contributed by atoms with van der Waals surface area (Å²) in [7, 11) is 0. The number of benzene rings is 2. The molecule has 1 fully saturated rings. The standard InChI is InChI=1S/C26H33N5O2/c1-4-14-31-22-11-6-5-10-21(22)24(30-15-12-18(2)13-16-30)28-23(25(31)32)29-26(33)27-20-9-7-8-19(3)17-20/h5-11,17-18,23H,4,12-16H2,1-3H3,(H2,27,29,33). The quantitative estimate of drug-likeness (QED) is 0.730. The number of hydrogen-bond acceptors (Lipinski definition) is 4. The van der Waals surface area contributed by atoms with Crippen molar-refractivity contribution >= 4 is 29.1 Å². The van der Waals surface area contributed by atoms with Crippen molar-refractivity contribution in [3.8, 4) is 0 Å². The lowest BCUT2D eigenvalue weighted by atomic mass is 9.98. The van der Waals surface area contributed by atoms with Crippen molar-refractivity contribution < 1.29 is 9.59 Å². The van der Waals surface area contributed by atoms with Crippen LogP contribution in [0, 0.1) is 12.8 Å². The van der Waals surface area contributed by atoms with Gasteiger partial charge in [-0.05, 0) is 61.9 Å². The highest BCUT2D eigenvalue weighted by atomic mass is 16.2. The van der Waals surface area contributed by atoms with Crippen LogP contribution in [0.5, 0.6) is 0 Å². The van der Waals surface area contributed by atoms with Gasteiger partial charge in [0.15, 0.2) is 0 Å². The molecule has 0 radical (unpaired) electrons. The first kappa shape index (κ1) is 22.8. The Hall–Kier alpha value is -3.35. The van der Waals surface area contributed by atoms with Crippen LogP contribution in [0.1, 0.15) is 44.2 Å². The van der Waals surface area contributed by atoms with Gasteiger partial charge in [0.1, 0.15) is 5.84 Å². The summed E-state index contributed by atoms with van der Waals surface area (Å²) in [6, 6.07) is 15.0. The summed E-state index contributed by atoms with van der Waals surface area (Å²) in [6.07, 6.45) is 1.97. The maximum atomic E-state index is 13.6. The number of fused-ring (bicyclic) bond motifs is 1. The third kappa shape index (κ3) is 5.18. The highest BCUT2D eigenvalue weighted by Gasteiger charge is 2.34. The summed E-state index contributed by atoms with van der Waals surface area (Å²) < 4.78 is 0. The van der Waals surface area contributed by atoms with Gasteiger partial charge in [-0.25, -0.2) is 9.79 Å². The Balaban J connectivity index is 1.66. The minimum absolute atomic E-state index is 0.218. The van der Waals surface area contributed by atoms with Crippen LogP contribution in [-0.2, 0) is 4.79 Å². The molecule has 0 saturated carbocycles. The molecule has 4 rings (SSSR count). The zero-order valence-electron chi connectivity index (χ0n) is 19.7. The molecule has 2 aliphatic rings. The fourth-order valence-electron chi connectivity index (χ4n) is 4.45. The summed E-state index contributed by atoms with van der Waals surface area (Å²) >= 11 is 0. The van der Waals surface area contributed by atoms with Crippen molar-refractivity contribution in [1.82, 2.24) is 10.2 Å². The first-order valence-electron chi connectivity index (χ1n) is 11.8. The maximum absolute atomic E-state index is 13.6. The number of para-hydroxylation sites is 1. The van der Waals surface area contributed by atoms with Crippen molar-refractivity contribution in [2.75, 3.05) is 29.9 Å². The van der Waals surface area contributed by atoms with E-state index >= 15 is 0 Å². The van der Waals surface area contributed by atoms with Gasteiger partial charge >= 0.3 is 6.03 Å². The largest absolute Gasteiger partial charge is 0.356 e. The molecule has 7 nitrogen and oxygen atoms in total. The van der Waals surface area contributed by atoms with E-state index in [9.17, 15) is 9.59 Å². The van der Waals surface area contributed by atoms with Gasteiger partial charge in [-0.2, -0.15) is 0 Å². The van der Waals surface area contributed by atoms with Gasteiger partial charge in [-0.1, -0.05) is 38.1 Å². The van der Waals surface area contributed by atoms with Gasteiger partial charge < -0.3 is 20.4 Å². The van der Waals surface area contributed by atoms with Crippen LogP contribution < -0.4 is 15.5 Å². The number of amides is 3. The first-order chi connectivity index (χ1) is 16.0. The van der Waals surface area contributed by atoms with Crippen molar-refractivity contribution in [1.29, 1.82) is 0 Å². The Labute approximate surface area is 195 Å². The van der Waals surface area contributed by atoms with Crippen LogP contribution in [0.4, 0.5) is 16.2 Å². The number of likely N-dealkylation sites (tertiary alicyclic amines) is 1. The number of aryl methyl sites for hydroxylation is 1. The second-order valence-corrected chi connectivity index (χ2v) is 9.00. The number of anilines is 2. The molecule has 7 heteroatoms. The van der Waals surface area contributed by atoms with E-state index in [-0.39, 0.29) is 5.91 Å². The summed E-state index contributed by atoms with van der Waals surface area (Å²) in [4.78, 5) is 35.3. The number of piperidine rings is 1. The van der Waals surface area contributed by atoms with E-state index in [1.54, 1.807) is 4.90 Å². The van der Waals surface area contributed by atoms with Gasteiger partial charge in [0.25, 0.3) is 5.91 Å². The number of nitrogens with zero attached hydrogens (tertiary/aromatic N) is 3. The normalized spacial score (nSPS) is 18.9. The number of urea groups is 1. The van der Waals surface area contributed by atoms with E-state index in [1.807, 2.05) is 62.4 Å². The number of hydrogen-bond donors (Lipinski definition) is 2. The molecule has 0 spiro atoms. The molecule has 2 aromatic carbocycles. The highest BCUT2D eigenvalue weighted by molar-refractivity contribution is 6.12. The predicted molar refractivity (Wildman–Crippen MR) is 133 cm³/mol. The van der Waals surface area contributed by atoms with Crippen LogP contribution >= 0.6 is 0 Å². The first-order valence-corrected chi connectivity index (χ1v) is 11.8. The summed E-state index contributed by atoms with van der Waals surface area (Å²) in [5, 5.41) is 5.66. The molecule has 2 aliphatic heterocycles. The van der Waals surface area contributed by atoms with Crippen molar-refractivity contribution in [3.05, 3.63) is 59.7 Å². The fraction of sp³-hybridized carbons (Fsp3) is 0.423. The van der Waals surface area contributed by atoms with Crippen LogP contribution in [-0.4, -0.2) is 48.5 Å². The average molecular weight is 448 g/mol. The number of benzodiazepines with no additional fused rings is 1. The van der Waals surface area contributed by atoms with Gasteiger partial charge in [-0.15, -0.1) is 0 Å². The maximum Gasteiger partial charge on any atom is 0.321 e.